The Hall–Kier alpha value is -1.75. The van der Waals surface area contributed by atoms with E-state index in [9.17, 15) is 8.78 Å². The van der Waals surface area contributed by atoms with Gasteiger partial charge in [-0.15, -0.1) is 0 Å². The number of benzene rings is 1. The Morgan fingerprint density at radius 3 is 2.72 bits per heavy atom. The molecule has 2 aromatic rings. The summed E-state index contributed by atoms with van der Waals surface area (Å²) in [7, 11) is 0. The van der Waals surface area contributed by atoms with E-state index in [1.165, 1.54) is 6.07 Å². The van der Waals surface area contributed by atoms with Crippen LogP contribution < -0.4 is 5.32 Å². The molecule has 0 atom stereocenters. The van der Waals surface area contributed by atoms with E-state index in [1.54, 1.807) is 0 Å². The van der Waals surface area contributed by atoms with E-state index in [1.807, 2.05) is 6.92 Å². The van der Waals surface area contributed by atoms with Gasteiger partial charge in [0, 0.05) is 18.6 Å². The van der Waals surface area contributed by atoms with Crippen molar-refractivity contribution in [2.45, 2.75) is 13.3 Å². The molecule has 0 saturated heterocycles. The number of hydrogen-bond acceptors (Lipinski definition) is 3. The summed E-state index contributed by atoms with van der Waals surface area (Å²) in [5, 5.41) is 2.93. The Balaban J connectivity index is 2.33. The molecular weight excluding hydrogens is 260 g/mol. The van der Waals surface area contributed by atoms with E-state index in [4.69, 9.17) is 11.6 Å². The van der Waals surface area contributed by atoms with Crippen LogP contribution in [0.4, 0.5) is 20.3 Å². The van der Waals surface area contributed by atoms with Crippen LogP contribution in [0.1, 0.15) is 12.7 Å². The number of nitrogens with one attached hydrogen (secondary N) is 1. The molecule has 0 unspecified atom stereocenters. The molecular formula is C12H10ClF2N3. The maximum Gasteiger partial charge on any atom is 0.146 e. The fourth-order valence-electron chi connectivity index (χ4n) is 1.42. The van der Waals surface area contributed by atoms with Crippen molar-refractivity contribution in [3.8, 4) is 0 Å². The predicted molar refractivity (Wildman–Crippen MR) is 66.1 cm³/mol. The summed E-state index contributed by atoms with van der Waals surface area (Å²) in [6.45, 7) is 1.87. The van der Waals surface area contributed by atoms with Crippen molar-refractivity contribution in [1.29, 1.82) is 0 Å². The topological polar surface area (TPSA) is 37.8 Å². The average molecular weight is 270 g/mol. The third-order valence-corrected chi connectivity index (χ3v) is 2.44. The molecule has 0 bridgehead atoms. The summed E-state index contributed by atoms with van der Waals surface area (Å²) < 4.78 is 26.4. The summed E-state index contributed by atoms with van der Waals surface area (Å²) in [5.41, 5.74) is 0.00631. The quantitative estimate of drug-likeness (QED) is 0.863. The Bertz CT molecular complexity index is 575. The van der Waals surface area contributed by atoms with E-state index in [0.29, 0.717) is 18.1 Å². The molecule has 0 spiro atoms. The molecule has 1 heterocycles. The minimum Gasteiger partial charge on any atom is -0.338 e. The van der Waals surface area contributed by atoms with Gasteiger partial charge in [0.05, 0.1) is 5.69 Å². The van der Waals surface area contributed by atoms with Crippen molar-refractivity contribution in [1.82, 2.24) is 9.97 Å². The SMILES string of the molecule is CCc1nc(Cl)cc(Nc2cc(F)ccc2F)n1. The molecule has 6 heteroatoms. The number of hydrogen-bond donors (Lipinski definition) is 1. The molecule has 0 aliphatic rings. The van der Waals surface area contributed by atoms with Gasteiger partial charge in [0.25, 0.3) is 0 Å². The van der Waals surface area contributed by atoms with E-state index < -0.39 is 11.6 Å². The van der Waals surface area contributed by atoms with Crippen LogP contribution in [0.5, 0.6) is 0 Å². The van der Waals surface area contributed by atoms with Gasteiger partial charge in [-0.2, -0.15) is 0 Å². The van der Waals surface area contributed by atoms with Gasteiger partial charge in [0.1, 0.15) is 28.4 Å². The predicted octanol–water partition coefficient (Wildman–Crippen LogP) is 3.71. The van der Waals surface area contributed by atoms with Crippen molar-refractivity contribution in [3.05, 3.63) is 46.9 Å². The number of nitrogens with zero attached hydrogens (tertiary/aromatic N) is 2. The Morgan fingerprint density at radius 2 is 2.00 bits per heavy atom. The van der Waals surface area contributed by atoms with Crippen molar-refractivity contribution in [2.75, 3.05) is 5.32 Å². The lowest BCUT2D eigenvalue weighted by Gasteiger charge is -2.08. The Morgan fingerprint density at radius 1 is 1.22 bits per heavy atom. The van der Waals surface area contributed by atoms with Gasteiger partial charge < -0.3 is 5.32 Å². The van der Waals surface area contributed by atoms with Gasteiger partial charge in [0.2, 0.25) is 0 Å². The molecule has 0 fully saturated rings. The van der Waals surface area contributed by atoms with Crippen molar-refractivity contribution < 1.29 is 8.78 Å². The van der Waals surface area contributed by atoms with E-state index in [2.05, 4.69) is 15.3 Å². The lowest BCUT2D eigenvalue weighted by molar-refractivity contribution is 0.603. The number of anilines is 2. The highest BCUT2D eigenvalue weighted by Crippen LogP contribution is 2.21. The summed E-state index contributed by atoms with van der Waals surface area (Å²) in [6, 6.07) is 4.59. The second-order valence-corrected chi connectivity index (χ2v) is 3.98. The normalized spacial score (nSPS) is 10.4. The standard InChI is InChI=1S/C12H10ClF2N3/c1-2-11-17-10(13)6-12(18-11)16-9-5-7(14)3-4-8(9)15/h3-6H,2H2,1H3,(H,16,17,18). The highest BCUT2D eigenvalue weighted by molar-refractivity contribution is 6.29. The van der Waals surface area contributed by atoms with E-state index in [0.717, 1.165) is 18.2 Å². The maximum absolute atomic E-state index is 13.4. The fraction of sp³-hybridized carbons (Fsp3) is 0.167. The molecule has 0 aliphatic carbocycles. The number of aryl methyl sites for hydroxylation is 1. The third kappa shape index (κ3) is 2.92. The van der Waals surface area contributed by atoms with Gasteiger partial charge in [-0.25, -0.2) is 18.7 Å². The fourth-order valence-corrected chi connectivity index (χ4v) is 1.62. The number of aromatic nitrogens is 2. The number of rotatable bonds is 3. The summed E-state index contributed by atoms with van der Waals surface area (Å²) in [6.07, 6.45) is 0.598. The first kappa shape index (κ1) is 12.7. The lowest BCUT2D eigenvalue weighted by Crippen LogP contribution is -2.01. The minimum absolute atomic E-state index is 0.00631. The van der Waals surface area contributed by atoms with Crippen LogP contribution in [0.3, 0.4) is 0 Å². The molecule has 0 saturated carbocycles. The Labute approximate surface area is 108 Å². The second-order valence-electron chi connectivity index (χ2n) is 3.59. The Kier molecular flexibility index (Phi) is 3.72. The summed E-state index contributed by atoms with van der Waals surface area (Å²) in [4.78, 5) is 8.10. The van der Waals surface area contributed by atoms with Gasteiger partial charge in [-0.3, -0.25) is 0 Å². The average Bonchev–Trinajstić information content (AvgIpc) is 2.33. The lowest BCUT2D eigenvalue weighted by atomic mass is 10.3. The first-order valence-electron chi connectivity index (χ1n) is 5.34. The minimum atomic E-state index is -0.566. The third-order valence-electron chi connectivity index (χ3n) is 2.25. The van der Waals surface area contributed by atoms with Crippen LogP contribution >= 0.6 is 11.6 Å². The van der Waals surface area contributed by atoms with Crippen LogP contribution in [0.15, 0.2) is 24.3 Å². The van der Waals surface area contributed by atoms with Crippen LogP contribution in [-0.4, -0.2) is 9.97 Å². The second kappa shape index (κ2) is 5.27. The molecule has 0 aliphatic heterocycles. The molecule has 1 N–H and O–H groups in total. The zero-order chi connectivity index (χ0) is 13.1. The summed E-state index contributed by atoms with van der Waals surface area (Å²) in [5.74, 6) is -0.239. The van der Waals surface area contributed by atoms with Crippen molar-refractivity contribution in [2.24, 2.45) is 0 Å². The monoisotopic (exact) mass is 269 g/mol. The van der Waals surface area contributed by atoms with Crippen molar-refractivity contribution >= 4 is 23.1 Å². The van der Waals surface area contributed by atoms with Crippen LogP contribution in [0.25, 0.3) is 0 Å². The largest absolute Gasteiger partial charge is 0.338 e. The molecule has 0 radical (unpaired) electrons. The molecule has 1 aromatic carbocycles. The molecule has 1 aromatic heterocycles. The first-order chi connectivity index (χ1) is 8.58. The summed E-state index contributed by atoms with van der Waals surface area (Å²) >= 11 is 5.81. The zero-order valence-corrected chi connectivity index (χ0v) is 10.3. The van der Waals surface area contributed by atoms with Crippen molar-refractivity contribution in [3.63, 3.8) is 0 Å². The molecule has 2 rings (SSSR count). The first-order valence-corrected chi connectivity index (χ1v) is 5.72. The van der Waals surface area contributed by atoms with Crippen LogP contribution in [0, 0.1) is 11.6 Å². The highest BCUT2D eigenvalue weighted by atomic mass is 35.5. The smallest absolute Gasteiger partial charge is 0.146 e. The van der Waals surface area contributed by atoms with Gasteiger partial charge >= 0.3 is 0 Å². The molecule has 0 amide bonds. The highest BCUT2D eigenvalue weighted by Gasteiger charge is 2.07. The molecule has 3 nitrogen and oxygen atoms in total. The zero-order valence-electron chi connectivity index (χ0n) is 9.54. The van der Waals surface area contributed by atoms with Gasteiger partial charge in [0.15, 0.2) is 0 Å². The van der Waals surface area contributed by atoms with E-state index in [-0.39, 0.29) is 10.8 Å². The maximum atomic E-state index is 13.4. The number of halogens is 3. The molecule has 18 heavy (non-hydrogen) atoms. The van der Waals surface area contributed by atoms with Gasteiger partial charge in [-0.05, 0) is 12.1 Å². The van der Waals surface area contributed by atoms with Gasteiger partial charge in [-0.1, -0.05) is 18.5 Å². The van der Waals surface area contributed by atoms with Crippen LogP contribution in [-0.2, 0) is 6.42 Å². The van der Waals surface area contributed by atoms with E-state index >= 15 is 0 Å². The van der Waals surface area contributed by atoms with Crippen LogP contribution in [0.2, 0.25) is 5.15 Å². The molecule has 94 valence electrons.